The number of aliphatic hydroxyl groups excluding tert-OH is 1. The van der Waals surface area contributed by atoms with Crippen molar-refractivity contribution in [1.82, 2.24) is 4.57 Å². The summed E-state index contributed by atoms with van der Waals surface area (Å²) in [6.45, 7) is 3.47. The number of rotatable bonds is 7. The topological polar surface area (TPSA) is 346 Å². The van der Waals surface area contributed by atoms with Crippen LogP contribution in [0.15, 0.2) is 22.1 Å². The van der Waals surface area contributed by atoms with Crippen LogP contribution in [-0.4, -0.2) is 98.1 Å². The monoisotopic (exact) mass is 608 g/mol. The number of aromatic nitrogens is 1. The molecule has 4 rings (SSSR count). The molecule has 0 spiro atoms. The molecule has 0 amide bonds. The van der Waals surface area contributed by atoms with Gasteiger partial charge in [-0.1, -0.05) is 0 Å². The lowest BCUT2D eigenvalue weighted by Crippen LogP contribution is -2.37. The lowest BCUT2D eigenvalue weighted by atomic mass is 10.0. The number of aliphatic imine (C=N–C) groups is 1. The fraction of sp³-hybridized carbons (Fsp3) is 0.500. The zero-order chi connectivity index (χ0) is 28.1. The number of aromatic carboxylic acids is 1. The molecule has 0 saturated carbocycles. The predicted octanol–water partition coefficient (Wildman–Crippen LogP) is -3.09. The van der Waals surface area contributed by atoms with Gasteiger partial charge in [0.05, 0.1) is 23.0 Å². The summed E-state index contributed by atoms with van der Waals surface area (Å²) in [5, 5.41) is 27.4. The van der Waals surface area contributed by atoms with E-state index in [1.807, 2.05) is 11.8 Å². The van der Waals surface area contributed by atoms with Crippen LogP contribution < -0.4 is 32.3 Å². The number of ether oxygens (including phenoxy) is 1. The summed E-state index contributed by atoms with van der Waals surface area (Å²) in [6.07, 6.45) is 2.92. The summed E-state index contributed by atoms with van der Waals surface area (Å²) in [5.74, 6) is -2.68. The van der Waals surface area contributed by atoms with E-state index in [9.17, 15) is 29.0 Å². The third-order valence-corrected chi connectivity index (χ3v) is 6.44. The average Bonchev–Trinajstić information content (AvgIpc) is 2.85. The van der Waals surface area contributed by atoms with Crippen LogP contribution in [0.3, 0.4) is 0 Å². The second-order valence-electron chi connectivity index (χ2n) is 9.29. The number of hydrogen-bond donors (Lipinski definition) is 6. The maximum atomic E-state index is 14.9. The lowest BCUT2D eigenvalue weighted by Gasteiger charge is -2.35. The number of pyridine rings is 1. The van der Waals surface area contributed by atoms with Crippen LogP contribution in [0, 0.1) is 5.82 Å². The van der Waals surface area contributed by atoms with Gasteiger partial charge in [-0.25, -0.2) is 9.18 Å². The molecule has 3 heterocycles. The average molecular weight is 609 g/mol. The number of nitrogens with two attached hydrogens (primary N) is 3. The van der Waals surface area contributed by atoms with Gasteiger partial charge in [-0.3, -0.25) is 14.6 Å². The number of halogens is 1. The largest absolute Gasteiger partial charge is 0.487 e. The Balaban J connectivity index is 0. The number of hydrogen-bond acceptors (Lipinski definition) is 8. The van der Waals surface area contributed by atoms with Crippen LogP contribution in [0.25, 0.3) is 10.9 Å². The van der Waals surface area contributed by atoms with Gasteiger partial charge in [-0.2, -0.15) is 0 Å². The summed E-state index contributed by atoms with van der Waals surface area (Å²) < 4.78 is 22.4. The normalized spacial score (nSPS) is 16.0. The molecule has 0 radical (unpaired) electrons. The zero-order valence-corrected chi connectivity index (χ0v) is 23.0. The van der Waals surface area contributed by atoms with Crippen molar-refractivity contribution in [2.75, 3.05) is 31.1 Å². The number of carbonyl (C=O) groups is 2. The van der Waals surface area contributed by atoms with E-state index in [1.54, 1.807) is 4.57 Å². The first-order valence-electron chi connectivity index (χ1n) is 12.2. The van der Waals surface area contributed by atoms with Crippen LogP contribution in [0.2, 0.25) is 0 Å². The number of guanidine groups is 1. The van der Waals surface area contributed by atoms with Gasteiger partial charge >= 0.3 is 11.9 Å². The molecule has 0 aliphatic carbocycles. The number of aliphatic hydroxyl groups is 1. The first-order chi connectivity index (χ1) is 17.9. The Hall–Kier alpha value is -4.07. The van der Waals surface area contributed by atoms with Crippen molar-refractivity contribution in [1.29, 1.82) is 0 Å². The maximum Gasteiger partial charge on any atom is 0.341 e. The summed E-state index contributed by atoms with van der Waals surface area (Å²) in [6, 6.07) is 0.0932. The molecule has 1 aromatic heterocycles. The predicted molar refractivity (Wildman–Crippen MR) is 153 cm³/mol. The Morgan fingerprint density at radius 3 is 2.29 bits per heavy atom. The highest BCUT2D eigenvalue weighted by Gasteiger charge is 2.31. The van der Waals surface area contributed by atoms with Crippen molar-refractivity contribution in [2.45, 2.75) is 50.8 Å². The number of carboxylic acids is 2. The highest BCUT2D eigenvalue weighted by Crippen LogP contribution is 2.42. The fourth-order valence-corrected chi connectivity index (χ4v) is 4.39. The smallest absolute Gasteiger partial charge is 0.341 e. The maximum absolute atomic E-state index is 14.9. The van der Waals surface area contributed by atoms with Crippen LogP contribution in [-0.2, 0) is 4.79 Å². The second kappa shape index (κ2) is 17.0. The third kappa shape index (κ3) is 8.96. The molecule has 17 nitrogen and oxygen atoms in total. The van der Waals surface area contributed by atoms with Crippen molar-refractivity contribution < 1.29 is 55.9 Å². The van der Waals surface area contributed by atoms with E-state index in [1.165, 1.54) is 6.20 Å². The van der Waals surface area contributed by atoms with Crippen LogP contribution >= 0.6 is 0 Å². The Labute approximate surface area is 239 Å². The van der Waals surface area contributed by atoms with Crippen molar-refractivity contribution in [3.63, 3.8) is 0 Å². The molecule has 18 heteroatoms. The minimum Gasteiger partial charge on any atom is -0.487 e. The van der Waals surface area contributed by atoms with Gasteiger partial charge in [-0.05, 0) is 38.7 Å². The molecule has 2 aliphatic heterocycles. The van der Waals surface area contributed by atoms with Gasteiger partial charge in [0.25, 0.3) is 0 Å². The SMILES string of the molecule is C[C@H]1COc2c(N3CCC(O)CC3)c(F)cc3c(=O)c(C(=O)O)cn1c23.NC(N)=NCCC[C@H](N)C(=O)O.O.O.O.O. The van der Waals surface area contributed by atoms with E-state index in [4.69, 9.17) is 27.0 Å². The van der Waals surface area contributed by atoms with E-state index in [2.05, 4.69) is 4.99 Å². The molecule has 42 heavy (non-hydrogen) atoms. The molecule has 1 saturated heterocycles. The van der Waals surface area contributed by atoms with Crippen LogP contribution in [0.1, 0.15) is 49.0 Å². The number of piperidine rings is 1. The third-order valence-electron chi connectivity index (χ3n) is 6.44. The molecule has 1 aromatic carbocycles. The number of anilines is 1. The van der Waals surface area contributed by atoms with Gasteiger partial charge in [0.15, 0.2) is 17.5 Å². The first-order valence-corrected chi connectivity index (χ1v) is 12.2. The van der Waals surface area contributed by atoms with Crippen LogP contribution in [0.5, 0.6) is 5.75 Å². The Bertz CT molecular complexity index is 1290. The van der Waals surface area contributed by atoms with E-state index in [0.717, 1.165) is 6.07 Å². The Morgan fingerprint density at radius 1 is 1.17 bits per heavy atom. The van der Waals surface area contributed by atoms with E-state index in [-0.39, 0.29) is 62.9 Å². The van der Waals surface area contributed by atoms with Gasteiger partial charge in [0.2, 0.25) is 5.43 Å². The van der Waals surface area contributed by atoms with Crippen molar-refractivity contribution >= 4 is 34.5 Å². The molecular formula is C24H41FN6O11. The summed E-state index contributed by atoms with van der Waals surface area (Å²) in [4.78, 5) is 39.7. The molecule has 2 atom stereocenters. The standard InChI is InChI=1S/C18H19FN2O5.C6H14N4O2.4H2O/c1-9-8-26-17-14-11(16(23)12(18(24)25)7-21(9)14)6-13(19)15(17)20-4-2-10(22)3-5-20;7-4(5(11)12)2-1-3-10-6(8)9;;;;/h6-7,9-10,22H,2-5,8H2,1H3,(H,24,25);4H,1-3,7H2,(H,11,12)(H4,8,9,10);4*1H2/t9-;4-;;;;/m00..../s1. The molecule has 2 aliphatic rings. The van der Waals surface area contributed by atoms with Gasteiger partial charge < -0.3 is 68.6 Å². The second-order valence-corrected chi connectivity index (χ2v) is 9.29. The van der Waals surface area contributed by atoms with Gasteiger partial charge in [0, 0.05) is 25.8 Å². The molecule has 240 valence electrons. The van der Waals surface area contributed by atoms with Crippen LogP contribution in [0.4, 0.5) is 10.1 Å². The summed E-state index contributed by atoms with van der Waals surface area (Å²) in [7, 11) is 0. The number of nitrogens with zero attached hydrogens (tertiary/aromatic N) is 3. The lowest BCUT2D eigenvalue weighted by molar-refractivity contribution is -0.138. The van der Waals surface area contributed by atoms with Crippen molar-refractivity contribution in [3.05, 3.63) is 33.9 Å². The summed E-state index contributed by atoms with van der Waals surface area (Å²) in [5.41, 5.74) is 14.9. The molecule has 0 bridgehead atoms. The van der Waals surface area contributed by atoms with Crippen molar-refractivity contribution in [3.8, 4) is 5.75 Å². The quantitative estimate of drug-likeness (QED) is 0.104. The zero-order valence-electron chi connectivity index (χ0n) is 23.0. The van der Waals surface area contributed by atoms with Crippen molar-refractivity contribution in [2.24, 2.45) is 22.2 Å². The number of aliphatic carboxylic acids is 1. The highest BCUT2D eigenvalue weighted by atomic mass is 19.1. The summed E-state index contributed by atoms with van der Waals surface area (Å²) >= 11 is 0. The Kier molecular flexibility index (Phi) is 16.2. The fourth-order valence-electron chi connectivity index (χ4n) is 4.39. The van der Waals surface area contributed by atoms with Gasteiger partial charge in [-0.15, -0.1) is 0 Å². The van der Waals surface area contributed by atoms with Gasteiger partial charge in [0.1, 0.15) is 23.9 Å². The molecule has 17 N–H and O–H groups in total. The highest BCUT2D eigenvalue weighted by molar-refractivity contribution is 5.97. The van der Waals surface area contributed by atoms with E-state index in [0.29, 0.717) is 50.8 Å². The minimum atomic E-state index is -1.34. The molecule has 2 aromatic rings. The minimum absolute atomic E-state index is 0. The number of benzene rings is 1. The molecular weight excluding hydrogens is 567 g/mol. The van der Waals surface area contributed by atoms with E-state index >= 15 is 0 Å². The number of carboxylic acid groups (broad SMARTS) is 2. The molecule has 0 unspecified atom stereocenters. The first kappa shape index (κ1) is 40.1. The van der Waals surface area contributed by atoms with E-state index < -0.39 is 35.3 Å². The Morgan fingerprint density at radius 2 is 1.76 bits per heavy atom. The molecule has 1 fully saturated rings.